The zero-order valence-corrected chi connectivity index (χ0v) is 16.8. The maximum atomic E-state index is 12.6. The third-order valence-corrected chi connectivity index (χ3v) is 6.26. The smallest absolute Gasteiger partial charge is 0.353 e. The van der Waals surface area contributed by atoms with Gasteiger partial charge in [-0.2, -0.15) is 0 Å². The number of hydrogen-bond donors (Lipinski definition) is 2. The van der Waals surface area contributed by atoms with E-state index in [1.807, 2.05) is 35.8 Å². The molecule has 140 valence electrons. The molecule has 2 aromatic heterocycles. The zero-order chi connectivity index (χ0) is 18.8. The van der Waals surface area contributed by atoms with Gasteiger partial charge >= 0.3 is 5.97 Å². The van der Waals surface area contributed by atoms with Gasteiger partial charge in [-0.3, -0.25) is 0 Å². The number of quaternary nitrogens is 2. The van der Waals surface area contributed by atoms with Crippen molar-refractivity contribution in [1.29, 1.82) is 0 Å². The number of fused-ring (bicyclic) bond motifs is 1. The van der Waals surface area contributed by atoms with Crippen LogP contribution in [0.15, 0.2) is 41.9 Å². The summed E-state index contributed by atoms with van der Waals surface area (Å²) >= 11 is 7.92. The molecule has 4 rings (SSSR count). The number of thiophene rings is 1. The highest BCUT2D eigenvalue weighted by Crippen LogP contribution is 2.33. The number of carbonyl (C=O) groups excluding carboxylic acids is 1. The molecule has 27 heavy (non-hydrogen) atoms. The van der Waals surface area contributed by atoms with E-state index in [0.29, 0.717) is 15.6 Å². The number of aromatic nitrogens is 1. The van der Waals surface area contributed by atoms with Crippen LogP contribution in [-0.4, -0.2) is 39.2 Å². The maximum Gasteiger partial charge on any atom is 0.353 e. The average Bonchev–Trinajstić information content (AvgIpc) is 3.21. The molecule has 3 aromatic rings. The topological polar surface area (TPSA) is 49.3 Å². The molecule has 7 heteroatoms. The number of benzene rings is 1. The SMILES string of the molecule is C[NH+]1CC[NH+](Cc2cc(Cl)c3ccc[nH+]c3c2OC(=O)c2cccs2)CC1. The first-order chi connectivity index (χ1) is 13.1. The number of halogens is 1. The van der Waals surface area contributed by atoms with Crippen molar-refractivity contribution < 1.29 is 24.3 Å². The molecule has 0 aliphatic carbocycles. The van der Waals surface area contributed by atoms with Gasteiger partial charge in [-0.05, 0) is 23.6 Å². The number of nitrogens with one attached hydrogen (secondary N) is 3. The summed E-state index contributed by atoms with van der Waals surface area (Å²) in [4.78, 5) is 19.5. The quantitative estimate of drug-likeness (QED) is 0.491. The van der Waals surface area contributed by atoms with E-state index in [-0.39, 0.29) is 5.97 Å². The van der Waals surface area contributed by atoms with Crippen molar-refractivity contribution >= 4 is 39.8 Å². The lowest BCUT2D eigenvalue weighted by Gasteiger charge is -2.27. The Bertz CT molecular complexity index is 953. The van der Waals surface area contributed by atoms with Gasteiger partial charge in [-0.15, -0.1) is 11.3 Å². The fraction of sp³-hybridized carbons (Fsp3) is 0.300. The van der Waals surface area contributed by atoms with Crippen LogP contribution < -0.4 is 19.5 Å². The molecule has 0 saturated carbocycles. The Kier molecular flexibility index (Phi) is 5.41. The zero-order valence-electron chi connectivity index (χ0n) is 15.2. The number of hydrogen-bond acceptors (Lipinski definition) is 3. The fourth-order valence-electron chi connectivity index (χ4n) is 3.54. The second-order valence-corrected chi connectivity index (χ2v) is 8.41. The molecule has 0 spiro atoms. The van der Waals surface area contributed by atoms with Gasteiger partial charge in [0.2, 0.25) is 5.75 Å². The number of aromatic amines is 1. The Hall–Kier alpha value is -1.99. The molecule has 0 atom stereocenters. The molecular weight excluding hydrogens is 382 g/mol. The molecule has 1 aromatic carbocycles. The van der Waals surface area contributed by atoms with Gasteiger partial charge in [0.1, 0.15) is 37.6 Å². The van der Waals surface area contributed by atoms with Gasteiger partial charge in [0.25, 0.3) is 5.52 Å². The van der Waals surface area contributed by atoms with Gasteiger partial charge in [0, 0.05) is 6.07 Å². The Morgan fingerprint density at radius 3 is 2.81 bits per heavy atom. The van der Waals surface area contributed by atoms with Gasteiger partial charge in [-0.1, -0.05) is 17.7 Å². The van der Waals surface area contributed by atoms with E-state index in [0.717, 1.165) is 49.2 Å². The minimum atomic E-state index is -0.329. The van der Waals surface area contributed by atoms with Crippen molar-refractivity contribution in [2.24, 2.45) is 0 Å². The summed E-state index contributed by atoms with van der Waals surface area (Å²) < 4.78 is 5.88. The molecule has 0 amide bonds. The Morgan fingerprint density at radius 2 is 2.07 bits per heavy atom. The summed E-state index contributed by atoms with van der Waals surface area (Å²) in [5.41, 5.74) is 1.73. The van der Waals surface area contributed by atoms with Crippen molar-refractivity contribution in [2.75, 3.05) is 33.2 Å². The minimum Gasteiger partial charge on any atom is -0.415 e. The number of carbonyl (C=O) groups is 1. The molecule has 3 N–H and O–H groups in total. The van der Waals surface area contributed by atoms with Crippen LogP contribution in [0.1, 0.15) is 15.2 Å². The lowest BCUT2D eigenvalue weighted by Crippen LogP contribution is -3.26. The second kappa shape index (κ2) is 7.94. The molecule has 1 saturated heterocycles. The Balaban J connectivity index is 1.71. The van der Waals surface area contributed by atoms with Gasteiger partial charge in [0.05, 0.1) is 23.0 Å². The molecule has 0 radical (unpaired) electrons. The van der Waals surface area contributed by atoms with Gasteiger partial charge in [0.15, 0.2) is 6.20 Å². The van der Waals surface area contributed by atoms with Gasteiger partial charge in [-0.25, -0.2) is 9.78 Å². The summed E-state index contributed by atoms with van der Waals surface area (Å²) in [6.45, 7) is 5.27. The maximum absolute atomic E-state index is 12.6. The summed E-state index contributed by atoms with van der Waals surface area (Å²) in [5, 5.41) is 3.40. The van der Waals surface area contributed by atoms with E-state index < -0.39 is 0 Å². The van der Waals surface area contributed by atoms with Gasteiger partial charge < -0.3 is 14.5 Å². The minimum absolute atomic E-state index is 0.329. The average molecular weight is 405 g/mol. The van der Waals surface area contributed by atoms with E-state index in [4.69, 9.17) is 16.3 Å². The molecule has 1 fully saturated rings. The first kappa shape index (κ1) is 18.4. The van der Waals surface area contributed by atoms with Crippen molar-refractivity contribution in [2.45, 2.75) is 6.54 Å². The predicted molar refractivity (Wildman–Crippen MR) is 106 cm³/mol. The van der Waals surface area contributed by atoms with Crippen LogP contribution >= 0.6 is 22.9 Å². The monoisotopic (exact) mass is 404 g/mol. The predicted octanol–water partition coefficient (Wildman–Crippen LogP) is 0.501. The van der Waals surface area contributed by atoms with Crippen LogP contribution in [0.4, 0.5) is 0 Å². The summed E-state index contributed by atoms with van der Waals surface area (Å²) in [6, 6.07) is 9.42. The van der Waals surface area contributed by atoms with Crippen LogP contribution in [0, 0.1) is 0 Å². The first-order valence-electron chi connectivity index (χ1n) is 9.14. The van der Waals surface area contributed by atoms with Crippen LogP contribution in [0.3, 0.4) is 0 Å². The largest absolute Gasteiger partial charge is 0.415 e. The summed E-state index contributed by atoms with van der Waals surface area (Å²) in [7, 11) is 2.23. The number of pyridine rings is 1. The van der Waals surface area contributed by atoms with Crippen LogP contribution in [-0.2, 0) is 6.54 Å². The van der Waals surface area contributed by atoms with E-state index in [1.165, 1.54) is 16.2 Å². The number of rotatable bonds is 4. The van der Waals surface area contributed by atoms with Crippen LogP contribution in [0.2, 0.25) is 5.02 Å². The van der Waals surface area contributed by atoms with E-state index in [1.54, 1.807) is 11.0 Å². The molecule has 1 aliphatic rings. The fourth-order valence-corrected chi connectivity index (χ4v) is 4.43. The molecule has 0 bridgehead atoms. The molecule has 0 unspecified atom stereocenters. The number of likely N-dealkylation sites (N-methyl/N-ethyl adjacent to an activating group) is 1. The standard InChI is InChI=1S/C20H20ClN3O2S/c1-23-7-9-24(10-8-23)13-14-12-16(21)15-4-2-6-22-18(15)19(14)26-20(25)17-5-3-11-27-17/h2-6,11-12H,7-10,13H2,1H3/p+3. The number of H-pyrrole nitrogens is 1. The molecule has 3 heterocycles. The highest BCUT2D eigenvalue weighted by Gasteiger charge is 2.26. The Labute approximate surface area is 167 Å². The van der Waals surface area contributed by atoms with E-state index >= 15 is 0 Å². The third kappa shape index (κ3) is 3.99. The summed E-state index contributed by atoms with van der Waals surface area (Å²) in [6.07, 6.45) is 1.83. The molecule has 5 nitrogen and oxygen atoms in total. The van der Waals surface area contributed by atoms with Crippen molar-refractivity contribution in [3.63, 3.8) is 0 Å². The van der Waals surface area contributed by atoms with E-state index in [2.05, 4.69) is 12.0 Å². The number of ether oxygens (including phenoxy) is 1. The first-order valence-corrected chi connectivity index (χ1v) is 10.4. The van der Waals surface area contributed by atoms with E-state index in [9.17, 15) is 4.79 Å². The lowest BCUT2D eigenvalue weighted by atomic mass is 10.1. The normalized spacial score (nSPS) is 19.9. The molecular formula is C20H23ClN3O2S+3. The highest BCUT2D eigenvalue weighted by atomic mass is 35.5. The van der Waals surface area contributed by atoms with Crippen LogP contribution in [0.5, 0.6) is 5.75 Å². The second-order valence-electron chi connectivity index (χ2n) is 7.06. The van der Waals surface area contributed by atoms with Crippen molar-refractivity contribution in [1.82, 2.24) is 0 Å². The molecule has 1 aliphatic heterocycles. The third-order valence-electron chi connectivity index (χ3n) is 5.10. The lowest BCUT2D eigenvalue weighted by molar-refractivity contribution is -1.01. The Morgan fingerprint density at radius 1 is 1.26 bits per heavy atom. The summed E-state index contributed by atoms with van der Waals surface area (Å²) in [5.74, 6) is 0.261. The van der Waals surface area contributed by atoms with Crippen molar-refractivity contribution in [3.8, 4) is 5.75 Å². The number of piperazine rings is 1. The van der Waals surface area contributed by atoms with Crippen molar-refractivity contribution in [3.05, 3.63) is 57.4 Å². The van der Waals surface area contributed by atoms with Crippen LogP contribution in [0.25, 0.3) is 10.9 Å². The highest BCUT2D eigenvalue weighted by molar-refractivity contribution is 7.12. The number of esters is 1.